The summed E-state index contributed by atoms with van der Waals surface area (Å²) < 4.78 is 0. The van der Waals surface area contributed by atoms with E-state index in [-0.39, 0.29) is 5.78 Å². The zero-order valence-electron chi connectivity index (χ0n) is 8.91. The van der Waals surface area contributed by atoms with E-state index in [9.17, 15) is 4.79 Å². The van der Waals surface area contributed by atoms with Gasteiger partial charge in [0.05, 0.1) is 20.5 Å². The highest BCUT2D eigenvalue weighted by molar-refractivity contribution is 7.13. The molecule has 0 saturated carbocycles. The van der Waals surface area contributed by atoms with Crippen LogP contribution in [-0.2, 0) is 0 Å². The molecule has 0 aromatic carbocycles. The van der Waals surface area contributed by atoms with E-state index in [0.717, 1.165) is 0 Å². The standard InChI is InChI=1S/C12H6Cl2N2OS/c13-7-1-3-15-12-9(7)6(5-16-12)10(17)11-8(14)2-4-18-11/h1-5H,(H,15,16). The Balaban J connectivity index is 2.22. The van der Waals surface area contributed by atoms with Gasteiger partial charge in [-0.05, 0) is 17.5 Å². The molecule has 0 saturated heterocycles. The molecule has 0 unspecified atom stereocenters. The van der Waals surface area contributed by atoms with Crippen LogP contribution in [0, 0.1) is 0 Å². The van der Waals surface area contributed by atoms with E-state index >= 15 is 0 Å². The lowest BCUT2D eigenvalue weighted by molar-refractivity contribution is 0.104. The van der Waals surface area contributed by atoms with Gasteiger partial charge in [-0.2, -0.15) is 0 Å². The number of rotatable bonds is 2. The summed E-state index contributed by atoms with van der Waals surface area (Å²) in [7, 11) is 0. The van der Waals surface area contributed by atoms with Gasteiger partial charge in [0.15, 0.2) is 0 Å². The summed E-state index contributed by atoms with van der Waals surface area (Å²) in [6.07, 6.45) is 3.20. The molecule has 0 bridgehead atoms. The molecule has 0 aliphatic carbocycles. The van der Waals surface area contributed by atoms with Crippen molar-refractivity contribution in [1.29, 1.82) is 0 Å². The van der Waals surface area contributed by atoms with E-state index in [2.05, 4.69) is 9.97 Å². The maximum absolute atomic E-state index is 12.4. The molecule has 18 heavy (non-hydrogen) atoms. The number of thiophene rings is 1. The van der Waals surface area contributed by atoms with E-state index in [4.69, 9.17) is 23.2 Å². The first kappa shape index (κ1) is 11.7. The maximum Gasteiger partial charge on any atom is 0.206 e. The van der Waals surface area contributed by atoms with Crippen molar-refractivity contribution in [3.8, 4) is 0 Å². The van der Waals surface area contributed by atoms with Crippen LogP contribution in [0.25, 0.3) is 11.0 Å². The summed E-state index contributed by atoms with van der Waals surface area (Å²) in [4.78, 5) is 20.0. The van der Waals surface area contributed by atoms with Crippen molar-refractivity contribution in [1.82, 2.24) is 9.97 Å². The minimum Gasteiger partial charge on any atom is -0.345 e. The van der Waals surface area contributed by atoms with Gasteiger partial charge in [0.2, 0.25) is 5.78 Å². The molecule has 0 aliphatic heterocycles. The number of pyridine rings is 1. The fraction of sp³-hybridized carbons (Fsp3) is 0. The fourth-order valence-corrected chi connectivity index (χ4v) is 3.12. The molecular formula is C12H6Cl2N2OS. The molecule has 3 heterocycles. The van der Waals surface area contributed by atoms with Crippen molar-refractivity contribution in [2.45, 2.75) is 0 Å². The summed E-state index contributed by atoms with van der Waals surface area (Å²) in [5, 5.41) is 3.37. The molecule has 3 rings (SSSR count). The number of hydrogen-bond donors (Lipinski definition) is 1. The molecule has 0 fully saturated rings. The van der Waals surface area contributed by atoms with E-state index in [1.54, 1.807) is 29.9 Å². The van der Waals surface area contributed by atoms with Gasteiger partial charge in [-0.3, -0.25) is 4.79 Å². The number of carbonyl (C=O) groups is 1. The van der Waals surface area contributed by atoms with Crippen LogP contribution in [0.5, 0.6) is 0 Å². The summed E-state index contributed by atoms with van der Waals surface area (Å²) in [5.74, 6) is -0.142. The third-order valence-electron chi connectivity index (χ3n) is 2.59. The number of nitrogens with one attached hydrogen (secondary N) is 1. The molecule has 1 N–H and O–H groups in total. The molecule has 90 valence electrons. The molecule has 3 aromatic rings. The first-order chi connectivity index (χ1) is 8.68. The van der Waals surface area contributed by atoms with Gasteiger partial charge >= 0.3 is 0 Å². The predicted octanol–water partition coefficient (Wildman–Crippen LogP) is 4.16. The Morgan fingerprint density at radius 3 is 2.83 bits per heavy atom. The van der Waals surface area contributed by atoms with Crippen LogP contribution < -0.4 is 0 Å². The molecule has 3 nitrogen and oxygen atoms in total. The molecule has 0 spiro atoms. The lowest BCUT2D eigenvalue weighted by Gasteiger charge is -1.98. The van der Waals surface area contributed by atoms with Gasteiger partial charge in [0, 0.05) is 17.8 Å². The second kappa shape index (κ2) is 4.39. The third kappa shape index (κ3) is 1.73. The number of fused-ring (bicyclic) bond motifs is 1. The van der Waals surface area contributed by atoms with Crippen LogP contribution in [0.1, 0.15) is 15.2 Å². The molecule has 6 heteroatoms. The molecule has 0 radical (unpaired) electrons. The van der Waals surface area contributed by atoms with E-state index in [1.165, 1.54) is 11.3 Å². The van der Waals surface area contributed by atoms with Crippen LogP contribution >= 0.6 is 34.5 Å². The molecule has 0 aliphatic rings. The summed E-state index contributed by atoms with van der Waals surface area (Å²) in [6.45, 7) is 0. The number of aromatic nitrogens is 2. The lowest BCUT2D eigenvalue weighted by Crippen LogP contribution is -1.98. The van der Waals surface area contributed by atoms with E-state index in [1.807, 2.05) is 0 Å². The monoisotopic (exact) mass is 296 g/mol. The Labute approximate surface area is 116 Å². The topological polar surface area (TPSA) is 45.8 Å². The largest absolute Gasteiger partial charge is 0.345 e. The van der Waals surface area contributed by atoms with Crippen molar-refractivity contribution < 1.29 is 4.79 Å². The summed E-state index contributed by atoms with van der Waals surface area (Å²) >= 11 is 13.4. The number of aromatic amines is 1. The second-order valence-electron chi connectivity index (χ2n) is 3.65. The Morgan fingerprint density at radius 2 is 2.11 bits per heavy atom. The molecular weight excluding hydrogens is 291 g/mol. The number of hydrogen-bond acceptors (Lipinski definition) is 3. The van der Waals surface area contributed by atoms with Crippen LogP contribution in [0.2, 0.25) is 10.0 Å². The van der Waals surface area contributed by atoms with Gasteiger partial charge in [-0.1, -0.05) is 23.2 Å². The second-order valence-corrected chi connectivity index (χ2v) is 5.38. The molecule has 0 atom stereocenters. The Hall–Kier alpha value is -1.36. The zero-order valence-corrected chi connectivity index (χ0v) is 11.2. The number of H-pyrrole nitrogens is 1. The predicted molar refractivity (Wildman–Crippen MR) is 73.9 cm³/mol. The number of nitrogens with zero attached hydrogens (tertiary/aromatic N) is 1. The zero-order chi connectivity index (χ0) is 12.7. The van der Waals surface area contributed by atoms with Crippen molar-refractivity contribution in [3.05, 3.63) is 50.4 Å². The molecule has 0 amide bonds. The van der Waals surface area contributed by atoms with Crippen molar-refractivity contribution in [2.75, 3.05) is 0 Å². The van der Waals surface area contributed by atoms with Crippen LogP contribution in [0.3, 0.4) is 0 Å². The van der Waals surface area contributed by atoms with Crippen LogP contribution in [0.4, 0.5) is 0 Å². The summed E-state index contributed by atoms with van der Waals surface area (Å²) in [6, 6.07) is 3.36. The van der Waals surface area contributed by atoms with Gasteiger partial charge in [-0.25, -0.2) is 4.98 Å². The van der Waals surface area contributed by atoms with Crippen LogP contribution in [-0.4, -0.2) is 15.8 Å². The normalized spacial score (nSPS) is 11.0. The van der Waals surface area contributed by atoms with Gasteiger partial charge in [-0.15, -0.1) is 11.3 Å². The highest BCUT2D eigenvalue weighted by Gasteiger charge is 2.19. The maximum atomic E-state index is 12.4. The van der Waals surface area contributed by atoms with Crippen molar-refractivity contribution >= 4 is 51.4 Å². The van der Waals surface area contributed by atoms with Gasteiger partial charge in [0.1, 0.15) is 5.65 Å². The average molecular weight is 297 g/mol. The van der Waals surface area contributed by atoms with E-state index in [0.29, 0.717) is 31.5 Å². The first-order valence-corrected chi connectivity index (χ1v) is 6.71. The quantitative estimate of drug-likeness (QED) is 0.722. The number of carbonyl (C=O) groups excluding carboxylic acids is 1. The highest BCUT2D eigenvalue weighted by Crippen LogP contribution is 2.30. The molecule has 3 aromatic heterocycles. The Bertz CT molecular complexity index is 747. The number of ketones is 1. The summed E-state index contributed by atoms with van der Waals surface area (Å²) in [5.41, 5.74) is 1.09. The average Bonchev–Trinajstić information content (AvgIpc) is 2.95. The highest BCUT2D eigenvalue weighted by atomic mass is 35.5. The van der Waals surface area contributed by atoms with Crippen LogP contribution in [0.15, 0.2) is 29.9 Å². The minimum absolute atomic E-state index is 0.142. The number of halogens is 2. The lowest BCUT2D eigenvalue weighted by atomic mass is 10.1. The van der Waals surface area contributed by atoms with Crippen molar-refractivity contribution in [3.63, 3.8) is 0 Å². The SMILES string of the molecule is O=C(c1sccc1Cl)c1c[nH]c2nccc(Cl)c12. The minimum atomic E-state index is -0.142. The first-order valence-electron chi connectivity index (χ1n) is 5.08. The Kier molecular flexibility index (Phi) is 2.86. The third-order valence-corrected chi connectivity index (χ3v) is 4.25. The smallest absolute Gasteiger partial charge is 0.206 e. The Morgan fingerprint density at radius 1 is 1.28 bits per heavy atom. The van der Waals surface area contributed by atoms with Gasteiger partial charge < -0.3 is 4.98 Å². The fourth-order valence-electron chi connectivity index (χ4n) is 1.77. The van der Waals surface area contributed by atoms with Gasteiger partial charge in [0.25, 0.3) is 0 Å². The van der Waals surface area contributed by atoms with E-state index < -0.39 is 0 Å². The van der Waals surface area contributed by atoms with Crippen molar-refractivity contribution in [2.24, 2.45) is 0 Å².